The fourth-order valence-corrected chi connectivity index (χ4v) is 3.96. The molecule has 0 aromatic heterocycles. The molecule has 0 aromatic rings. The van der Waals surface area contributed by atoms with E-state index in [2.05, 4.69) is 12.2 Å². The predicted octanol–water partition coefficient (Wildman–Crippen LogP) is 7.28. The van der Waals surface area contributed by atoms with Crippen LogP contribution in [0.5, 0.6) is 0 Å². The Morgan fingerprint density at radius 1 is 0.741 bits per heavy atom. The molecule has 1 saturated heterocycles. The van der Waals surface area contributed by atoms with Crippen LogP contribution in [0.4, 0.5) is 0 Å². The standard InChI is InChI=1S/C24H47NO2/c1-2-3-4-5-6-7-8-9-10-11-12-13-14-15-16-17-18-21-24(26)27-23-20-19-22-25-23/h23,25H,2-22H2,1H3. The molecular formula is C24H47NO2. The lowest BCUT2D eigenvalue weighted by molar-refractivity contribution is -0.149. The molecule has 0 bridgehead atoms. The van der Waals surface area contributed by atoms with Crippen LogP contribution in [-0.2, 0) is 9.53 Å². The molecule has 0 spiro atoms. The minimum absolute atomic E-state index is 0.0108. The second kappa shape index (κ2) is 18.8. The zero-order chi connectivity index (χ0) is 19.4. The SMILES string of the molecule is CCCCCCCCCCCCCCCCCCCC(=O)OC1CCCN1. The van der Waals surface area contributed by atoms with Crippen molar-refractivity contribution in [2.24, 2.45) is 0 Å². The van der Waals surface area contributed by atoms with Crippen molar-refractivity contribution in [3.05, 3.63) is 0 Å². The smallest absolute Gasteiger partial charge is 0.307 e. The summed E-state index contributed by atoms with van der Waals surface area (Å²) in [6.45, 7) is 3.27. The van der Waals surface area contributed by atoms with Crippen molar-refractivity contribution in [1.82, 2.24) is 5.32 Å². The molecule has 1 heterocycles. The van der Waals surface area contributed by atoms with Crippen LogP contribution in [0.15, 0.2) is 0 Å². The van der Waals surface area contributed by atoms with Crippen LogP contribution in [0, 0.1) is 0 Å². The van der Waals surface area contributed by atoms with Crippen molar-refractivity contribution in [3.63, 3.8) is 0 Å². The minimum atomic E-state index is -0.0182. The molecule has 0 amide bonds. The van der Waals surface area contributed by atoms with Crippen molar-refractivity contribution < 1.29 is 9.53 Å². The Morgan fingerprint density at radius 2 is 1.19 bits per heavy atom. The van der Waals surface area contributed by atoms with Crippen molar-refractivity contribution >= 4 is 5.97 Å². The van der Waals surface area contributed by atoms with Crippen LogP contribution in [0.3, 0.4) is 0 Å². The first kappa shape index (κ1) is 24.5. The normalized spacial score (nSPS) is 16.7. The van der Waals surface area contributed by atoms with E-state index < -0.39 is 0 Å². The summed E-state index contributed by atoms with van der Waals surface area (Å²) in [7, 11) is 0. The van der Waals surface area contributed by atoms with Gasteiger partial charge in [0.05, 0.1) is 0 Å². The zero-order valence-electron chi connectivity index (χ0n) is 18.2. The number of unbranched alkanes of at least 4 members (excludes halogenated alkanes) is 16. The van der Waals surface area contributed by atoms with E-state index >= 15 is 0 Å². The molecule has 1 atom stereocenters. The van der Waals surface area contributed by atoms with Gasteiger partial charge in [0.1, 0.15) is 0 Å². The fourth-order valence-electron chi connectivity index (χ4n) is 3.96. The Hall–Kier alpha value is -0.570. The molecule has 1 fully saturated rings. The minimum Gasteiger partial charge on any atom is -0.447 e. The first-order chi connectivity index (χ1) is 13.3. The number of carbonyl (C=O) groups excluding carboxylic acids is 1. The van der Waals surface area contributed by atoms with Gasteiger partial charge in [-0.1, -0.05) is 110 Å². The van der Waals surface area contributed by atoms with E-state index in [-0.39, 0.29) is 12.2 Å². The third-order valence-corrected chi connectivity index (χ3v) is 5.77. The highest BCUT2D eigenvalue weighted by molar-refractivity contribution is 5.69. The van der Waals surface area contributed by atoms with E-state index in [0.29, 0.717) is 6.42 Å². The van der Waals surface area contributed by atoms with Gasteiger partial charge in [-0.15, -0.1) is 0 Å². The molecule has 0 saturated carbocycles. The van der Waals surface area contributed by atoms with Gasteiger partial charge in [0.15, 0.2) is 6.23 Å². The molecular weight excluding hydrogens is 334 g/mol. The number of hydrogen-bond donors (Lipinski definition) is 1. The third kappa shape index (κ3) is 16.1. The molecule has 1 unspecified atom stereocenters. The summed E-state index contributed by atoms with van der Waals surface area (Å²) in [5.74, 6) is -0.0182. The number of carbonyl (C=O) groups is 1. The number of rotatable bonds is 19. The summed E-state index contributed by atoms with van der Waals surface area (Å²) < 4.78 is 5.39. The summed E-state index contributed by atoms with van der Waals surface area (Å²) in [4.78, 5) is 11.7. The van der Waals surface area contributed by atoms with E-state index in [0.717, 1.165) is 25.8 Å². The predicted molar refractivity (Wildman–Crippen MR) is 116 cm³/mol. The van der Waals surface area contributed by atoms with E-state index in [1.165, 1.54) is 103 Å². The number of hydrogen-bond acceptors (Lipinski definition) is 3. The van der Waals surface area contributed by atoms with Crippen LogP contribution in [0.2, 0.25) is 0 Å². The fraction of sp³-hybridized carbons (Fsp3) is 0.958. The molecule has 0 aromatic carbocycles. The van der Waals surface area contributed by atoms with Crippen molar-refractivity contribution in [1.29, 1.82) is 0 Å². The molecule has 1 aliphatic rings. The third-order valence-electron chi connectivity index (χ3n) is 5.77. The molecule has 0 radical (unpaired) electrons. The first-order valence-electron chi connectivity index (χ1n) is 12.3. The summed E-state index contributed by atoms with van der Waals surface area (Å²) >= 11 is 0. The second-order valence-electron chi connectivity index (χ2n) is 8.48. The van der Waals surface area contributed by atoms with Crippen LogP contribution in [0.1, 0.15) is 135 Å². The summed E-state index contributed by atoms with van der Waals surface area (Å²) in [5, 5.41) is 3.20. The number of esters is 1. The summed E-state index contributed by atoms with van der Waals surface area (Å²) in [6.07, 6.45) is 26.0. The quantitative estimate of drug-likeness (QED) is 0.189. The monoisotopic (exact) mass is 381 g/mol. The van der Waals surface area contributed by atoms with Gasteiger partial charge in [-0.25, -0.2) is 0 Å². The molecule has 3 heteroatoms. The van der Waals surface area contributed by atoms with Gasteiger partial charge >= 0.3 is 5.97 Å². The van der Waals surface area contributed by atoms with Crippen LogP contribution >= 0.6 is 0 Å². The topological polar surface area (TPSA) is 38.3 Å². The van der Waals surface area contributed by atoms with Gasteiger partial charge in [0.25, 0.3) is 0 Å². The molecule has 1 rings (SSSR count). The lowest BCUT2D eigenvalue weighted by atomic mass is 10.0. The van der Waals surface area contributed by atoms with Gasteiger partial charge < -0.3 is 4.74 Å². The second-order valence-corrected chi connectivity index (χ2v) is 8.48. The average molecular weight is 382 g/mol. The van der Waals surface area contributed by atoms with E-state index in [1.54, 1.807) is 0 Å². The zero-order valence-corrected chi connectivity index (χ0v) is 18.2. The van der Waals surface area contributed by atoms with Gasteiger partial charge in [0.2, 0.25) is 0 Å². The van der Waals surface area contributed by atoms with Crippen LogP contribution in [0.25, 0.3) is 0 Å². The highest BCUT2D eigenvalue weighted by atomic mass is 16.6. The van der Waals surface area contributed by atoms with Gasteiger partial charge in [-0.3, -0.25) is 10.1 Å². The van der Waals surface area contributed by atoms with Crippen molar-refractivity contribution in [2.75, 3.05) is 6.54 Å². The Labute approximate surface area is 169 Å². The number of nitrogens with one attached hydrogen (secondary N) is 1. The molecule has 27 heavy (non-hydrogen) atoms. The van der Waals surface area contributed by atoms with Crippen LogP contribution in [-0.4, -0.2) is 18.7 Å². The molecule has 1 N–H and O–H groups in total. The Bertz CT molecular complexity index is 326. The Balaban J connectivity index is 1.69. The maximum absolute atomic E-state index is 11.7. The number of ether oxygens (including phenoxy) is 1. The molecule has 0 aliphatic carbocycles. The summed E-state index contributed by atoms with van der Waals surface area (Å²) in [6, 6.07) is 0. The van der Waals surface area contributed by atoms with Crippen molar-refractivity contribution in [3.8, 4) is 0 Å². The first-order valence-corrected chi connectivity index (χ1v) is 12.3. The molecule has 1 aliphatic heterocycles. The van der Waals surface area contributed by atoms with Crippen LogP contribution < -0.4 is 5.32 Å². The Kier molecular flexibility index (Phi) is 17.0. The lowest BCUT2D eigenvalue weighted by Gasteiger charge is -2.11. The lowest BCUT2D eigenvalue weighted by Crippen LogP contribution is -2.27. The highest BCUT2D eigenvalue weighted by Crippen LogP contribution is 2.15. The van der Waals surface area contributed by atoms with E-state index in [9.17, 15) is 4.79 Å². The molecule has 160 valence electrons. The molecule has 3 nitrogen and oxygen atoms in total. The summed E-state index contributed by atoms with van der Waals surface area (Å²) in [5.41, 5.74) is 0. The van der Waals surface area contributed by atoms with Gasteiger partial charge in [-0.2, -0.15) is 0 Å². The van der Waals surface area contributed by atoms with Gasteiger partial charge in [-0.05, 0) is 25.8 Å². The average Bonchev–Trinajstić information content (AvgIpc) is 3.17. The van der Waals surface area contributed by atoms with Gasteiger partial charge in [0, 0.05) is 6.42 Å². The largest absolute Gasteiger partial charge is 0.447 e. The maximum Gasteiger partial charge on any atom is 0.307 e. The Morgan fingerprint density at radius 3 is 1.59 bits per heavy atom. The van der Waals surface area contributed by atoms with E-state index in [1.807, 2.05) is 0 Å². The van der Waals surface area contributed by atoms with E-state index in [4.69, 9.17) is 4.74 Å². The highest BCUT2D eigenvalue weighted by Gasteiger charge is 2.17. The maximum atomic E-state index is 11.7. The van der Waals surface area contributed by atoms with Crippen molar-refractivity contribution in [2.45, 2.75) is 142 Å².